The van der Waals surface area contributed by atoms with Gasteiger partial charge in [0.2, 0.25) is 11.9 Å². The second-order valence-electron chi connectivity index (χ2n) is 7.00. The van der Waals surface area contributed by atoms with Crippen LogP contribution < -0.4 is 20.7 Å². The number of nitrogens with zero attached hydrogens (tertiary/aromatic N) is 2. The molecule has 0 radical (unpaired) electrons. The Kier molecular flexibility index (Phi) is 5.93. The molecule has 0 atom stereocenters. The molecule has 0 fully saturated rings. The third kappa shape index (κ3) is 5.08. The van der Waals surface area contributed by atoms with Crippen molar-refractivity contribution in [2.24, 2.45) is 0 Å². The maximum Gasteiger partial charge on any atom is 0.229 e. The molecule has 0 unspecified atom stereocenters. The Labute approximate surface area is 180 Å². The van der Waals surface area contributed by atoms with Gasteiger partial charge in [0, 0.05) is 30.2 Å². The predicted molar refractivity (Wildman–Crippen MR) is 124 cm³/mol. The number of fused-ring (bicyclic) bond motifs is 1. The van der Waals surface area contributed by atoms with Crippen molar-refractivity contribution in [3.63, 3.8) is 0 Å². The van der Waals surface area contributed by atoms with Crippen LogP contribution >= 0.6 is 0 Å². The first-order chi connectivity index (χ1) is 15.1. The molecule has 0 aliphatic rings. The molecule has 0 bridgehead atoms. The van der Waals surface area contributed by atoms with E-state index in [1.807, 2.05) is 72.8 Å². The molecule has 31 heavy (non-hydrogen) atoms. The van der Waals surface area contributed by atoms with Gasteiger partial charge in [0.25, 0.3) is 0 Å². The predicted octanol–water partition coefficient (Wildman–Crippen LogP) is 4.95. The summed E-state index contributed by atoms with van der Waals surface area (Å²) in [7, 11) is 1.65. The molecule has 0 spiro atoms. The van der Waals surface area contributed by atoms with Crippen molar-refractivity contribution >= 4 is 40.0 Å². The van der Waals surface area contributed by atoms with Crippen LogP contribution in [0.1, 0.15) is 12.5 Å². The number of amides is 1. The summed E-state index contributed by atoms with van der Waals surface area (Å²) in [6.07, 6.45) is 0. The highest BCUT2D eigenvalue weighted by atomic mass is 16.5. The van der Waals surface area contributed by atoms with Crippen LogP contribution in [0.25, 0.3) is 10.9 Å². The lowest BCUT2D eigenvalue weighted by Gasteiger charge is -2.13. The van der Waals surface area contributed by atoms with Gasteiger partial charge < -0.3 is 20.7 Å². The molecule has 4 aromatic rings. The molecule has 0 saturated heterocycles. The third-order valence-electron chi connectivity index (χ3n) is 4.66. The SMILES string of the molecule is COc1ccc(CNc2nc(Nc3cccc(NC(C)=O)c3)nc3ccccc23)cc1. The number of hydrogen-bond donors (Lipinski definition) is 3. The van der Waals surface area contributed by atoms with Crippen molar-refractivity contribution in [2.45, 2.75) is 13.5 Å². The summed E-state index contributed by atoms with van der Waals surface area (Å²) in [6, 6.07) is 23.2. The van der Waals surface area contributed by atoms with Crippen molar-refractivity contribution < 1.29 is 9.53 Å². The normalized spacial score (nSPS) is 10.5. The number of aromatic nitrogens is 2. The zero-order chi connectivity index (χ0) is 21.6. The zero-order valence-corrected chi connectivity index (χ0v) is 17.3. The largest absolute Gasteiger partial charge is 0.497 e. The zero-order valence-electron chi connectivity index (χ0n) is 17.3. The summed E-state index contributed by atoms with van der Waals surface area (Å²) in [5.41, 5.74) is 3.43. The van der Waals surface area contributed by atoms with Crippen LogP contribution in [0.3, 0.4) is 0 Å². The molecule has 0 aliphatic carbocycles. The molecule has 1 aromatic heterocycles. The van der Waals surface area contributed by atoms with Crippen LogP contribution in [-0.4, -0.2) is 23.0 Å². The molecule has 0 saturated carbocycles. The first-order valence-corrected chi connectivity index (χ1v) is 9.89. The molecule has 156 valence electrons. The highest BCUT2D eigenvalue weighted by molar-refractivity contribution is 5.91. The van der Waals surface area contributed by atoms with Crippen LogP contribution in [0.4, 0.5) is 23.1 Å². The minimum atomic E-state index is -0.121. The van der Waals surface area contributed by atoms with Gasteiger partial charge in [0.15, 0.2) is 0 Å². The summed E-state index contributed by atoms with van der Waals surface area (Å²) in [6.45, 7) is 2.09. The van der Waals surface area contributed by atoms with E-state index >= 15 is 0 Å². The van der Waals surface area contributed by atoms with E-state index in [4.69, 9.17) is 9.72 Å². The quantitative estimate of drug-likeness (QED) is 0.397. The average molecular weight is 413 g/mol. The lowest BCUT2D eigenvalue weighted by molar-refractivity contribution is -0.114. The molecule has 0 aliphatic heterocycles. The van der Waals surface area contributed by atoms with Gasteiger partial charge in [-0.05, 0) is 48.0 Å². The molecule has 3 aromatic carbocycles. The molecule has 7 heteroatoms. The minimum absolute atomic E-state index is 0.121. The van der Waals surface area contributed by atoms with E-state index in [1.54, 1.807) is 7.11 Å². The van der Waals surface area contributed by atoms with Gasteiger partial charge in [0.1, 0.15) is 11.6 Å². The van der Waals surface area contributed by atoms with Crippen molar-refractivity contribution in [3.8, 4) is 5.75 Å². The number of ether oxygens (including phenoxy) is 1. The van der Waals surface area contributed by atoms with Crippen LogP contribution in [-0.2, 0) is 11.3 Å². The number of carbonyl (C=O) groups excluding carboxylic acids is 1. The molecule has 3 N–H and O–H groups in total. The van der Waals surface area contributed by atoms with E-state index in [0.29, 0.717) is 18.2 Å². The first-order valence-electron chi connectivity index (χ1n) is 9.89. The lowest BCUT2D eigenvalue weighted by atomic mass is 10.2. The second kappa shape index (κ2) is 9.13. The smallest absolute Gasteiger partial charge is 0.229 e. The number of carbonyl (C=O) groups is 1. The molecule has 7 nitrogen and oxygen atoms in total. The number of hydrogen-bond acceptors (Lipinski definition) is 6. The van der Waals surface area contributed by atoms with Crippen LogP contribution in [0.5, 0.6) is 5.75 Å². The topological polar surface area (TPSA) is 88.2 Å². The van der Waals surface area contributed by atoms with Crippen molar-refractivity contribution in [1.29, 1.82) is 0 Å². The Morgan fingerprint density at radius 2 is 1.71 bits per heavy atom. The monoisotopic (exact) mass is 413 g/mol. The van der Waals surface area contributed by atoms with Gasteiger partial charge in [0.05, 0.1) is 12.6 Å². The van der Waals surface area contributed by atoms with E-state index in [1.165, 1.54) is 6.92 Å². The number of nitrogens with one attached hydrogen (secondary N) is 3. The van der Waals surface area contributed by atoms with Crippen LogP contribution in [0.2, 0.25) is 0 Å². The van der Waals surface area contributed by atoms with Gasteiger partial charge in [-0.15, -0.1) is 0 Å². The van der Waals surface area contributed by atoms with Crippen LogP contribution in [0.15, 0.2) is 72.8 Å². The molecular weight excluding hydrogens is 390 g/mol. The first kappa shape index (κ1) is 20.2. The van der Waals surface area contributed by atoms with Crippen LogP contribution in [0, 0.1) is 0 Å². The molecule has 4 rings (SSSR count). The fourth-order valence-corrected chi connectivity index (χ4v) is 3.20. The number of benzene rings is 3. The summed E-state index contributed by atoms with van der Waals surface area (Å²) >= 11 is 0. The van der Waals surface area contributed by atoms with Crippen molar-refractivity contribution in [2.75, 3.05) is 23.1 Å². The standard InChI is InChI=1S/C24H23N5O2/c1-16(30)26-18-6-5-7-19(14-18)27-24-28-22-9-4-3-8-21(22)23(29-24)25-15-17-10-12-20(31-2)13-11-17/h3-14H,15H2,1-2H3,(H,26,30)(H2,25,27,28,29). The van der Waals surface area contributed by atoms with Crippen molar-refractivity contribution in [1.82, 2.24) is 9.97 Å². The fraction of sp³-hybridized carbons (Fsp3) is 0.125. The lowest BCUT2D eigenvalue weighted by Crippen LogP contribution is -2.07. The summed E-state index contributed by atoms with van der Waals surface area (Å²) in [5.74, 6) is 1.91. The van der Waals surface area contributed by atoms with Crippen molar-refractivity contribution in [3.05, 3.63) is 78.4 Å². The number of methoxy groups -OCH3 is 1. The van der Waals surface area contributed by atoms with E-state index in [0.717, 1.165) is 33.7 Å². The maximum absolute atomic E-state index is 11.3. The Bertz CT molecular complexity index is 1210. The van der Waals surface area contributed by atoms with Gasteiger partial charge in [-0.3, -0.25) is 4.79 Å². The van der Waals surface area contributed by atoms with Gasteiger partial charge in [-0.25, -0.2) is 4.98 Å². The molecular formula is C24H23N5O2. The highest BCUT2D eigenvalue weighted by Gasteiger charge is 2.09. The summed E-state index contributed by atoms with van der Waals surface area (Å²) < 4.78 is 5.22. The second-order valence-corrected chi connectivity index (χ2v) is 7.00. The van der Waals surface area contributed by atoms with E-state index in [-0.39, 0.29) is 5.91 Å². The van der Waals surface area contributed by atoms with Gasteiger partial charge >= 0.3 is 0 Å². The fourth-order valence-electron chi connectivity index (χ4n) is 3.20. The third-order valence-corrected chi connectivity index (χ3v) is 4.66. The molecule has 1 heterocycles. The minimum Gasteiger partial charge on any atom is -0.497 e. The Morgan fingerprint density at radius 3 is 2.48 bits per heavy atom. The maximum atomic E-state index is 11.3. The average Bonchev–Trinajstić information content (AvgIpc) is 2.77. The number of anilines is 4. The van der Waals surface area contributed by atoms with E-state index in [2.05, 4.69) is 20.9 Å². The molecule has 1 amide bonds. The number of rotatable bonds is 7. The Balaban J connectivity index is 1.59. The highest BCUT2D eigenvalue weighted by Crippen LogP contribution is 2.25. The summed E-state index contributed by atoms with van der Waals surface area (Å²) in [4.78, 5) is 20.7. The van der Waals surface area contributed by atoms with Gasteiger partial charge in [-0.1, -0.05) is 30.3 Å². The Morgan fingerprint density at radius 1 is 0.935 bits per heavy atom. The summed E-state index contributed by atoms with van der Waals surface area (Å²) in [5, 5.41) is 10.4. The van der Waals surface area contributed by atoms with Gasteiger partial charge in [-0.2, -0.15) is 4.98 Å². The van der Waals surface area contributed by atoms with E-state index < -0.39 is 0 Å². The number of para-hydroxylation sites is 1. The Hall–Kier alpha value is -4.13. The van der Waals surface area contributed by atoms with E-state index in [9.17, 15) is 4.79 Å².